The summed E-state index contributed by atoms with van der Waals surface area (Å²) in [6.07, 6.45) is 1.35. The van der Waals surface area contributed by atoms with Crippen LogP contribution in [0.3, 0.4) is 0 Å². The van der Waals surface area contributed by atoms with Gasteiger partial charge in [0.25, 0.3) is 10.1 Å². The van der Waals surface area contributed by atoms with Crippen LogP contribution in [-0.2, 0) is 33.3 Å². The number of rotatable bonds is 6. The molecule has 2 atom stereocenters. The lowest BCUT2D eigenvalue weighted by Crippen LogP contribution is -2.28. The topological polar surface area (TPSA) is 88.1 Å². The Hall–Kier alpha value is -1.74. The van der Waals surface area contributed by atoms with Gasteiger partial charge in [0, 0.05) is 6.08 Å². The molecule has 0 amide bonds. The lowest BCUT2D eigenvalue weighted by atomic mass is 10.2. The highest BCUT2D eigenvalue weighted by molar-refractivity contribution is 7.86. The monoisotopic (exact) mass is 370 g/mol. The molecule has 1 aromatic rings. The van der Waals surface area contributed by atoms with Crippen molar-refractivity contribution in [1.29, 1.82) is 0 Å². The molecular formula is C17H22O7S. The standard InChI is InChI=1S/C17H22O7S/c1-12-5-7-13(8-6-12)25(19,20)22-11-15-14(9-10-16(18)21-4)23-17(2,3)24-15/h5-10,14-15H,11H2,1-4H3/b10-9+/t14-,15+/m0/s1. The molecule has 1 aromatic carbocycles. The minimum absolute atomic E-state index is 0.0675. The third-order valence-electron chi connectivity index (χ3n) is 3.54. The molecule has 0 aliphatic carbocycles. The summed E-state index contributed by atoms with van der Waals surface area (Å²) in [4.78, 5) is 11.3. The number of methoxy groups -OCH3 is 1. The molecule has 2 rings (SSSR count). The number of ether oxygens (including phenoxy) is 3. The number of hydrogen-bond donors (Lipinski definition) is 0. The Kier molecular flexibility index (Phi) is 5.99. The summed E-state index contributed by atoms with van der Waals surface area (Å²) in [5, 5.41) is 0. The SMILES string of the molecule is COC(=O)/C=C/[C@@H]1OC(C)(C)O[C@@H]1COS(=O)(=O)c1ccc(C)cc1. The summed E-state index contributed by atoms with van der Waals surface area (Å²) in [5.41, 5.74) is 0.946. The second-order valence-corrected chi connectivity index (χ2v) is 7.69. The van der Waals surface area contributed by atoms with Crippen molar-refractivity contribution < 1.29 is 31.6 Å². The van der Waals surface area contributed by atoms with Crippen LogP contribution in [0.5, 0.6) is 0 Å². The summed E-state index contributed by atoms with van der Waals surface area (Å²) in [6.45, 7) is 5.01. The second-order valence-electron chi connectivity index (χ2n) is 6.07. The molecule has 1 fully saturated rings. The van der Waals surface area contributed by atoms with Crippen molar-refractivity contribution in [1.82, 2.24) is 0 Å². The molecule has 0 unspecified atom stereocenters. The normalized spacial score (nSPS) is 23.0. The Morgan fingerprint density at radius 3 is 2.48 bits per heavy atom. The van der Waals surface area contributed by atoms with Crippen LogP contribution < -0.4 is 0 Å². The highest BCUT2D eigenvalue weighted by Gasteiger charge is 2.41. The Morgan fingerprint density at radius 2 is 1.88 bits per heavy atom. The molecule has 25 heavy (non-hydrogen) atoms. The third kappa shape index (κ3) is 5.37. The van der Waals surface area contributed by atoms with Gasteiger partial charge in [0.15, 0.2) is 5.79 Å². The van der Waals surface area contributed by atoms with Gasteiger partial charge in [0.2, 0.25) is 0 Å². The Bertz CT molecular complexity index is 735. The maximum Gasteiger partial charge on any atom is 0.330 e. The molecule has 8 heteroatoms. The van der Waals surface area contributed by atoms with Gasteiger partial charge in [-0.25, -0.2) is 4.79 Å². The van der Waals surface area contributed by atoms with E-state index in [0.717, 1.165) is 5.56 Å². The van der Waals surface area contributed by atoms with Crippen molar-refractivity contribution in [3.63, 3.8) is 0 Å². The zero-order valence-corrected chi connectivity index (χ0v) is 15.4. The van der Waals surface area contributed by atoms with E-state index in [9.17, 15) is 13.2 Å². The van der Waals surface area contributed by atoms with Gasteiger partial charge in [-0.3, -0.25) is 4.18 Å². The van der Waals surface area contributed by atoms with Crippen LogP contribution in [0.1, 0.15) is 19.4 Å². The first-order chi connectivity index (χ1) is 11.6. The molecule has 0 aromatic heterocycles. The van der Waals surface area contributed by atoms with Crippen LogP contribution in [0.4, 0.5) is 0 Å². The number of aryl methyl sites for hydroxylation is 1. The van der Waals surface area contributed by atoms with E-state index < -0.39 is 34.1 Å². The van der Waals surface area contributed by atoms with E-state index in [0.29, 0.717) is 0 Å². The Balaban J connectivity index is 2.07. The maximum absolute atomic E-state index is 12.3. The van der Waals surface area contributed by atoms with Crippen LogP contribution in [0.15, 0.2) is 41.3 Å². The Labute approximate surface area is 147 Å². The largest absolute Gasteiger partial charge is 0.466 e. The lowest BCUT2D eigenvalue weighted by Gasteiger charge is -2.16. The first kappa shape index (κ1) is 19.6. The summed E-state index contributed by atoms with van der Waals surface area (Å²) >= 11 is 0. The van der Waals surface area contributed by atoms with E-state index in [1.807, 2.05) is 6.92 Å². The molecule has 138 valence electrons. The fourth-order valence-corrected chi connectivity index (χ4v) is 3.24. The average Bonchev–Trinajstić information content (AvgIpc) is 2.85. The highest BCUT2D eigenvalue weighted by Crippen LogP contribution is 2.29. The van der Waals surface area contributed by atoms with Gasteiger partial charge in [0.05, 0.1) is 18.6 Å². The van der Waals surface area contributed by atoms with Gasteiger partial charge in [-0.15, -0.1) is 0 Å². The fraction of sp³-hybridized carbons (Fsp3) is 0.471. The van der Waals surface area contributed by atoms with Crippen LogP contribution in [0.2, 0.25) is 0 Å². The van der Waals surface area contributed by atoms with Gasteiger partial charge in [0.1, 0.15) is 12.2 Å². The van der Waals surface area contributed by atoms with Crippen molar-refractivity contribution in [2.75, 3.05) is 13.7 Å². The smallest absolute Gasteiger partial charge is 0.330 e. The molecule has 0 N–H and O–H groups in total. The predicted molar refractivity (Wildman–Crippen MR) is 89.3 cm³/mol. The predicted octanol–water partition coefficient (Wildman–Crippen LogP) is 1.95. The minimum atomic E-state index is -3.91. The summed E-state index contributed by atoms with van der Waals surface area (Å²) in [5.74, 6) is -1.47. The molecular weight excluding hydrogens is 348 g/mol. The minimum Gasteiger partial charge on any atom is -0.466 e. The van der Waals surface area contributed by atoms with E-state index in [1.165, 1.54) is 31.4 Å². The summed E-state index contributed by atoms with van der Waals surface area (Å²) < 4.78 is 45.5. The lowest BCUT2D eigenvalue weighted by molar-refractivity contribution is -0.145. The molecule has 0 bridgehead atoms. The van der Waals surface area contributed by atoms with E-state index in [4.69, 9.17) is 13.7 Å². The summed E-state index contributed by atoms with van der Waals surface area (Å²) in [6, 6.07) is 6.34. The van der Waals surface area contributed by atoms with E-state index in [2.05, 4.69) is 4.74 Å². The molecule has 1 saturated heterocycles. The molecule has 0 radical (unpaired) electrons. The van der Waals surface area contributed by atoms with Gasteiger partial charge >= 0.3 is 5.97 Å². The van der Waals surface area contributed by atoms with Gasteiger partial charge in [-0.2, -0.15) is 8.42 Å². The van der Waals surface area contributed by atoms with Gasteiger partial charge in [-0.1, -0.05) is 17.7 Å². The molecule has 7 nitrogen and oxygen atoms in total. The van der Waals surface area contributed by atoms with Crippen LogP contribution in [-0.4, -0.2) is 46.1 Å². The number of carbonyl (C=O) groups excluding carboxylic acids is 1. The highest BCUT2D eigenvalue weighted by atomic mass is 32.2. The third-order valence-corrected chi connectivity index (χ3v) is 4.84. The van der Waals surface area contributed by atoms with Crippen LogP contribution in [0, 0.1) is 6.92 Å². The number of hydrogen-bond acceptors (Lipinski definition) is 7. The first-order valence-corrected chi connectivity index (χ1v) is 9.12. The van der Waals surface area contributed by atoms with Crippen molar-refractivity contribution in [3.8, 4) is 0 Å². The number of carbonyl (C=O) groups is 1. The van der Waals surface area contributed by atoms with Crippen molar-refractivity contribution >= 4 is 16.1 Å². The first-order valence-electron chi connectivity index (χ1n) is 7.71. The van der Waals surface area contributed by atoms with Gasteiger partial charge < -0.3 is 14.2 Å². The average molecular weight is 370 g/mol. The zero-order valence-electron chi connectivity index (χ0n) is 14.6. The van der Waals surface area contributed by atoms with Crippen molar-refractivity contribution in [2.45, 2.75) is 43.7 Å². The number of benzene rings is 1. The quantitative estimate of drug-likeness (QED) is 0.430. The molecule has 0 spiro atoms. The zero-order chi connectivity index (χ0) is 18.7. The van der Waals surface area contributed by atoms with E-state index in [1.54, 1.807) is 26.0 Å². The molecule has 1 heterocycles. The fourth-order valence-electron chi connectivity index (χ4n) is 2.33. The second kappa shape index (κ2) is 7.65. The maximum atomic E-state index is 12.3. The van der Waals surface area contributed by atoms with E-state index in [-0.39, 0.29) is 11.5 Å². The molecule has 1 aliphatic rings. The molecule has 0 saturated carbocycles. The van der Waals surface area contributed by atoms with Crippen LogP contribution in [0.25, 0.3) is 0 Å². The summed E-state index contributed by atoms with van der Waals surface area (Å²) in [7, 11) is -2.65. The van der Waals surface area contributed by atoms with Crippen molar-refractivity contribution in [2.24, 2.45) is 0 Å². The van der Waals surface area contributed by atoms with Crippen molar-refractivity contribution in [3.05, 3.63) is 42.0 Å². The number of esters is 1. The Morgan fingerprint density at radius 1 is 1.24 bits per heavy atom. The van der Waals surface area contributed by atoms with Crippen LogP contribution >= 0.6 is 0 Å². The molecule has 1 aliphatic heterocycles. The van der Waals surface area contributed by atoms with E-state index >= 15 is 0 Å². The van der Waals surface area contributed by atoms with Gasteiger partial charge in [-0.05, 0) is 39.0 Å².